The van der Waals surface area contributed by atoms with Crippen LogP contribution in [0.1, 0.15) is 48.0 Å². The van der Waals surface area contributed by atoms with E-state index in [9.17, 15) is 4.57 Å². The molecule has 123 valence electrons. The molecule has 0 aromatic carbocycles. The Hall–Kier alpha value is 1.21. The quantitative estimate of drug-likeness (QED) is 0.580. The maximum atomic E-state index is 11.7. The molecule has 1 aliphatic rings. The molecule has 0 N–H and O–H groups in total. The molecule has 1 rings (SSSR count). The average Bonchev–Trinajstić information content (AvgIpc) is 2.61. The van der Waals surface area contributed by atoms with Crippen LogP contribution in [-0.4, -0.2) is 25.4 Å². The van der Waals surface area contributed by atoms with Gasteiger partial charge in [0.15, 0.2) is 0 Å². The van der Waals surface area contributed by atoms with Gasteiger partial charge < -0.3 is 13.8 Å². The van der Waals surface area contributed by atoms with Gasteiger partial charge in [-0.3, -0.25) is 4.57 Å². The van der Waals surface area contributed by atoms with E-state index >= 15 is 0 Å². The first-order valence-electron chi connectivity index (χ1n) is 7.76. The molecule has 1 aliphatic heterocycles. The summed E-state index contributed by atoms with van der Waals surface area (Å²) in [6.07, 6.45) is 1.40. The van der Waals surface area contributed by atoms with Crippen molar-refractivity contribution in [2.45, 2.75) is 60.2 Å². The summed E-state index contributed by atoms with van der Waals surface area (Å²) < 4.78 is 28.2. The second kappa shape index (κ2) is 10.9. The summed E-state index contributed by atoms with van der Waals surface area (Å²) in [5.41, 5.74) is 0. The maximum Gasteiger partial charge on any atom is 0.319 e. The fourth-order valence-corrected chi connectivity index (χ4v) is 3.54. The molecule has 0 aromatic heterocycles. The minimum atomic E-state index is -2.39. The van der Waals surface area contributed by atoms with Crippen LogP contribution < -0.4 is 0 Å². The summed E-state index contributed by atoms with van der Waals surface area (Å²) in [4.78, 5) is 0. The topological polar surface area (TPSA) is 44.8 Å². The maximum absolute atomic E-state index is 11.7. The zero-order valence-corrected chi connectivity index (χ0v) is 18.1. The van der Waals surface area contributed by atoms with Crippen molar-refractivity contribution in [1.82, 2.24) is 0 Å². The van der Waals surface area contributed by atoms with Gasteiger partial charge in [0.1, 0.15) is 0 Å². The van der Waals surface area contributed by atoms with Crippen molar-refractivity contribution in [3.8, 4) is 0 Å². The van der Waals surface area contributed by atoms with Gasteiger partial charge in [-0.05, 0) is 37.0 Å². The van der Waals surface area contributed by atoms with E-state index in [2.05, 4.69) is 27.7 Å². The van der Waals surface area contributed by atoms with Crippen LogP contribution in [0.2, 0.25) is 0 Å². The summed E-state index contributed by atoms with van der Waals surface area (Å²) in [5.74, 6) is 1.99. The molecule has 1 saturated heterocycles. The van der Waals surface area contributed by atoms with Crippen molar-refractivity contribution >= 4 is 8.25 Å². The van der Waals surface area contributed by atoms with Crippen molar-refractivity contribution in [3.63, 3.8) is 0 Å². The van der Waals surface area contributed by atoms with E-state index < -0.39 is 8.25 Å². The van der Waals surface area contributed by atoms with E-state index in [1.54, 1.807) is 0 Å². The Bertz CT molecular complexity index is 312. The Labute approximate surface area is 155 Å². The molecule has 21 heavy (non-hydrogen) atoms. The molecule has 4 nitrogen and oxygen atoms in total. The molecular weight excluding hydrogens is 364 g/mol. The molecule has 5 atom stereocenters. The van der Waals surface area contributed by atoms with Crippen molar-refractivity contribution in [2.24, 2.45) is 23.7 Å². The number of ether oxygens (including phenoxy) is 1. The third kappa shape index (κ3) is 8.04. The zero-order chi connectivity index (χ0) is 15.3. The molecule has 0 amide bonds. The summed E-state index contributed by atoms with van der Waals surface area (Å²) in [6.45, 7) is 13.7. The normalized spacial score (nSPS) is 30.7. The van der Waals surface area contributed by atoms with Gasteiger partial charge >= 0.3 is 8.25 Å². The van der Waals surface area contributed by atoms with Crippen LogP contribution in [0, 0.1) is 23.7 Å². The van der Waals surface area contributed by atoms with E-state index in [0.717, 1.165) is 6.42 Å². The molecule has 6 heteroatoms. The second-order valence-electron chi connectivity index (χ2n) is 6.80. The van der Waals surface area contributed by atoms with Gasteiger partial charge in [0.25, 0.3) is 0 Å². The van der Waals surface area contributed by atoms with Crippen LogP contribution in [0.25, 0.3) is 0 Å². The van der Waals surface area contributed by atoms with Crippen LogP contribution >= 0.6 is 8.25 Å². The van der Waals surface area contributed by atoms with Crippen molar-refractivity contribution < 1.29 is 51.1 Å². The Morgan fingerprint density at radius 2 is 1.71 bits per heavy atom. The van der Waals surface area contributed by atoms with Gasteiger partial charge in [-0.25, -0.2) is 0 Å². The fraction of sp³-hybridized carbons (Fsp3) is 1.00. The molecule has 0 bridgehead atoms. The van der Waals surface area contributed by atoms with Crippen LogP contribution in [0.15, 0.2) is 0 Å². The van der Waals surface area contributed by atoms with Gasteiger partial charge in [0.05, 0.1) is 25.4 Å². The molecular formula is C15H31O4PY. The van der Waals surface area contributed by atoms with Crippen molar-refractivity contribution in [2.75, 3.05) is 13.2 Å². The molecule has 2 unspecified atom stereocenters. The molecule has 1 radical (unpaired) electrons. The monoisotopic (exact) mass is 395 g/mol. The first-order valence-corrected chi connectivity index (χ1v) is 8.98. The van der Waals surface area contributed by atoms with Gasteiger partial charge in [0.2, 0.25) is 0 Å². The number of hydrogen-bond acceptors (Lipinski definition) is 4. The van der Waals surface area contributed by atoms with E-state index in [0.29, 0.717) is 36.9 Å². The largest absolute Gasteiger partial charge is 0.372 e. The molecule has 0 aromatic rings. The first-order chi connectivity index (χ1) is 9.31. The van der Waals surface area contributed by atoms with E-state index in [1.807, 2.05) is 13.8 Å². The Morgan fingerprint density at radius 1 is 1.10 bits per heavy atom. The first kappa shape index (κ1) is 22.2. The van der Waals surface area contributed by atoms with Crippen molar-refractivity contribution in [1.29, 1.82) is 0 Å². The summed E-state index contributed by atoms with van der Waals surface area (Å²) >= 11 is 0. The molecule has 0 spiro atoms. The number of hydrogen-bond donors (Lipinski definition) is 0. The average molecular weight is 395 g/mol. The van der Waals surface area contributed by atoms with Gasteiger partial charge in [-0.1, -0.05) is 34.6 Å². The predicted octanol–water partition coefficient (Wildman–Crippen LogP) is 4.15. The smallest absolute Gasteiger partial charge is 0.319 e. The van der Waals surface area contributed by atoms with Crippen LogP contribution in [0.4, 0.5) is 0 Å². The van der Waals surface area contributed by atoms with Gasteiger partial charge in [-0.2, -0.15) is 0 Å². The van der Waals surface area contributed by atoms with Crippen LogP contribution in [-0.2, 0) is 51.1 Å². The summed E-state index contributed by atoms with van der Waals surface area (Å²) in [6, 6.07) is 0. The summed E-state index contributed by atoms with van der Waals surface area (Å²) in [5, 5.41) is 0. The Kier molecular flexibility index (Phi) is 11.5. The molecule has 0 saturated carbocycles. The molecule has 1 fully saturated rings. The standard InChI is InChI=1S/C15H31O4P.Y/c1-10(2)7-14-12(5)13(6)19-15(14)9-18-20(16)17-8-11(3)4;/h10-15,20H,7-9H2,1-6H3;/t12?,13-,14+,15+;/m0./s1. The van der Waals surface area contributed by atoms with E-state index in [-0.39, 0.29) is 44.9 Å². The molecule has 1 heterocycles. The minimum Gasteiger partial charge on any atom is -0.372 e. The Morgan fingerprint density at radius 3 is 2.24 bits per heavy atom. The van der Waals surface area contributed by atoms with E-state index in [1.165, 1.54) is 0 Å². The van der Waals surface area contributed by atoms with Gasteiger partial charge in [0, 0.05) is 32.7 Å². The van der Waals surface area contributed by atoms with E-state index in [4.69, 9.17) is 13.8 Å². The second-order valence-corrected chi connectivity index (χ2v) is 7.88. The van der Waals surface area contributed by atoms with Gasteiger partial charge in [-0.15, -0.1) is 0 Å². The van der Waals surface area contributed by atoms with Crippen LogP contribution in [0.5, 0.6) is 0 Å². The predicted molar refractivity (Wildman–Crippen MR) is 82.2 cm³/mol. The third-order valence-electron chi connectivity index (χ3n) is 3.93. The third-order valence-corrected chi connectivity index (χ3v) is 4.73. The minimum absolute atomic E-state index is 0. The Balaban J connectivity index is 0.00000400. The zero-order valence-electron chi connectivity index (χ0n) is 14.3. The van der Waals surface area contributed by atoms with Crippen molar-refractivity contribution in [3.05, 3.63) is 0 Å². The fourth-order valence-electron chi connectivity index (χ4n) is 2.69. The van der Waals surface area contributed by atoms with Crippen LogP contribution in [0.3, 0.4) is 0 Å². The number of rotatable bonds is 8. The SMILES string of the molecule is CC(C)CO[PH](=O)OC[C@H]1O[C@@H](C)C(C)[C@H]1CC(C)C.[Y]. The molecule has 0 aliphatic carbocycles. The summed E-state index contributed by atoms with van der Waals surface area (Å²) in [7, 11) is -2.39.